The highest BCUT2D eigenvalue weighted by molar-refractivity contribution is 9.10. The molecule has 1 aromatic heterocycles. The number of piperidine rings is 1. The number of halogens is 1. The number of hydrogen-bond acceptors (Lipinski definition) is 4. The quantitative estimate of drug-likeness (QED) is 0.835. The summed E-state index contributed by atoms with van der Waals surface area (Å²) >= 11 is 3.65. The molecular weight excluding hydrogens is 364 g/mol. The lowest BCUT2D eigenvalue weighted by Crippen LogP contribution is -2.38. The Morgan fingerprint density at radius 1 is 1.08 bits per heavy atom. The second-order valence-electron chi connectivity index (χ2n) is 6.86. The van der Waals surface area contributed by atoms with E-state index in [9.17, 15) is 0 Å². The SMILES string of the molecule is Brc1ccccc1CN1CCC(Nc2ccnc(C3CC3)n2)CC1. The maximum atomic E-state index is 4.69. The van der Waals surface area contributed by atoms with Gasteiger partial charge in [0.15, 0.2) is 0 Å². The van der Waals surface area contributed by atoms with Crippen molar-refractivity contribution in [1.29, 1.82) is 0 Å². The van der Waals surface area contributed by atoms with Crippen molar-refractivity contribution >= 4 is 21.7 Å². The maximum absolute atomic E-state index is 4.69. The summed E-state index contributed by atoms with van der Waals surface area (Å²) in [7, 11) is 0. The predicted molar refractivity (Wildman–Crippen MR) is 100 cm³/mol. The van der Waals surface area contributed by atoms with Crippen molar-refractivity contribution in [3.05, 3.63) is 52.4 Å². The van der Waals surface area contributed by atoms with Gasteiger partial charge in [0.25, 0.3) is 0 Å². The summed E-state index contributed by atoms with van der Waals surface area (Å²) in [6, 6.07) is 11.0. The van der Waals surface area contributed by atoms with Gasteiger partial charge < -0.3 is 5.32 Å². The summed E-state index contributed by atoms with van der Waals surface area (Å²) in [5.74, 6) is 2.63. The number of likely N-dealkylation sites (tertiary alicyclic amines) is 1. The highest BCUT2D eigenvalue weighted by Gasteiger charge is 2.27. The number of nitrogens with one attached hydrogen (secondary N) is 1. The molecule has 0 spiro atoms. The monoisotopic (exact) mass is 386 g/mol. The van der Waals surface area contributed by atoms with Crippen molar-refractivity contribution < 1.29 is 0 Å². The lowest BCUT2D eigenvalue weighted by molar-refractivity contribution is 0.211. The molecule has 1 N–H and O–H groups in total. The van der Waals surface area contributed by atoms with Crippen molar-refractivity contribution in [2.45, 2.75) is 44.2 Å². The zero-order chi connectivity index (χ0) is 16.4. The molecule has 0 radical (unpaired) electrons. The van der Waals surface area contributed by atoms with Crippen molar-refractivity contribution in [3.8, 4) is 0 Å². The minimum Gasteiger partial charge on any atom is -0.367 e. The lowest BCUT2D eigenvalue weighted by atomic mass is 10.0. The molecular formula is C19H23BrN4. The van der Waals surface area contributed by atoms with Crippen LogP contribution in [0.2, 0.25) is 0 Å². The normalized spacial score (nSPS) is 19.4. The molecule has 0 unspecified atom stereocenters. The Kier molecular flexibility index (Phi) is 4.81. The zero-order valence-electron chi connectivity index (χ0n) is 13.8. The molecule has 0 atom stereocenters. The van der Waals surface area contributed by atoms with Crippen LogP contribution in [0, 0.1) is 0 Å². The van der Waals surface area contributed by atoms with E-state index in [0.717, 1.165) is 44.1 Å². The molecule has 2 heterocycles. The molecule has 24 heavy (non-hydrogen) atoms. The molecule has 1 saturated heterocycles. The second kappa shape index (κ2) is 7.19. The van der Waals surface area contributed by atoms with Gasteiger partial charge in [-0.1, -0.05) is 34.1 Å². The number of aromatic nitrogens is 2. The minimum atomic E-state index is 0.516. The van der Waals surface area contributed by atoms with Crippen LogP contribution >= 0.6 is 15.9 Å². The van der Waals surface area contributed by atoms with Crippen LogP contribution in [0.25, 0.3) is 0 Å². The first-order chi connectivity index (χ1) is 11.8. The van der Waals surface area contributed by atoms with Gasteiger partial charge in [0.1, 0.15) is 11.6 Å². The third-order valence-electron chi connectivity index (χ3n) is 4.91. The number of rotatable bonds is 5. The van der Waals surface area contributed by atoms with E-state index >= 15 is 0 Å². The Morgan fingerprint density at radius 3 is 2.62 bits per heavy atom. The van der Waals surface area contributed by atoms with Gasteiger partial charge in [0, 0.05) is 42.3 Å². The summed E-state index contributed by atoms with van der Waals surface area (Å²) in [5, 5.41) is 3.61. The predicted octanol–water partition coefficient (Wildman–Crippen LogP) is 4.19. The van der Waals surface area contributed by atoms with Gasteiger partial charge in [-0.3, -0.25) is 4.90 Å². The van der Waals surface area contributed by atoms with Crippen molar-refractivity contribution in [2.24, 2.45) is 0 Å². The average molecular weight is 387 g/mol. The first-order valence-corrected chi connectivity index (χ1v) is 9.62. The standard InChI is InChI=1S/C19H23BrN4/c20-17-4-2-1-3-15(17)13-24-11-8-16(9-12-24)22-18-7-10-21-19(23-18)14-5-6-14/h1-4,7,10,14,16H,5-6,8-9,11-13H2,(H,21,22,23). The van der Waals surface area contributed by atoms with Gasteiger partial charge in [-0.25, -0.2) is 9.97 Å². The Labute approximate surface area is 151 Å². The van der Waals surface area contributed by atoms with E-state index in [1.165, 1.54) is 22.9 Å². The molecule has 2 aromatic rings. The van der Waals surface area contributed by atoms with Crippen LogP contribution in [0.4, 0.5) is 5.82 Å². The van der Waals surface area contributed by atoms with E-state index in [1.807, 2.05) is 12.3 Å². The first kappa shape index (κ1) is 16.0. The lowest BCUT2D eigenvalue weighted by Gasteiger charge is -2.32. The molecule has 1 aliphatic heterocycles. The van der Waals surface area contributed by atoms with Gasteiger partial charge >= 0.3 is 0 Å². The summed E-state index contributed by atoms with van der Waals surface area (Å²) in [6.45, 7) is 3.27. The molecule has 1 saturated carbocycles. The summed E-state index contributed by atoms with van der Waals surface area (Å²) in [4.78, 5) is 11.6. The van der Waals surface area contributed by atoms with Crippen molar-refractivity contribution in [3.63, 3.8) is 0 Å². The molecule has 2 fully saturated rings. The van der Waals surface area contributed by atoms with Gasteiger partial charge in [0.05, 0.1) is 0 Å². The fourth-order valence-corrected chi connectivity index (χ4v) is 3.71. The highest BCUT2D eigenvalue weighted by Crippen LogP contribution is 2.38. The molecule has 0 amide bonds. The van der Waals surface area contributed by atoms with E-state index in [2.05, 4.69) is 60.4 Å². The second-order valence-corrected chi connectivity index (χ2v) is 7.71. The first-order valence-electron chi connectivity index (χ1n) is 8.83. The molecule has 4 rings (SSSR count). The minimum absolute atomic E-state index is 0.516. The molecule has 1 aliphatic carbocycles. The molecule has 5 heteroatoms. The van der Waals surface area contributed by atoms with Crippen molar-refractivity contribution in [1.82, 2.24) is 14.9 Å². The third kappa shape index (κ3) is 3.95. The number of anilines is 1. The fourth-order valence-electron chi connectivity index (χ4n) is 3.30. The van der Waals surface area contributed by atoms with Crippen LogP contribution in [-0.2, 0) is 6.54 Å². The molecule has 2 aliphatic rings. The van der Waals surface area contributed by atoms with E-state index in [4.69, 9.17) is 0 Å². The van der Waals surface area contributed by atoms with E-state index < -0.39 is 0 Å². The largest absolute Gasteiger partial charge is 0.367 e. The summed E-state index contributed by atoms with van der Waals surface area (Å²) < 4.78 is 1.21. The van der Waals surface area contributed by atoms with E-state index in [0.29, 0.717) is 12.0 Å². The Hall–Kier alpha value is -1.46. The maximum Gasteiger partial charge on any atom is 0.133 e. The number of benzene rings is 1. The molecule has 4 nitrogen and oxygen atoms in total. The smallest absolute Gasteiger partial charge is 0.133 e. The fraction of sp³-hybridized carbons (Fsp3) is 0.474. The van der Waals surface area contributed by atoms with E-state index in [-0.39, 0.29) is 0 Å². The Balaban J connectivity index is 1.30. The van der Waals surface area contributed by atoms with Crippen LogP contribution in [-0.4, -0.2) is 34.0 Å². The molecule has 0 bridgehead atoms. The number of hydrogen-bond donors (Lipinski definition) is 1. The highest BCUT2D eigenvalue weighted by atomic mass is 79.9. The van der Waals surface area contributed by atoms with Gasteiger partial charge in [0.2, 0.25) is 0 Å². The Bertz CT molecular complexity index is 693. The van der Waals surface area contributed by atoms with E-state index in [1.54, 1.807) is 0 Å². The van der Waals surface area contributed by atoms with Gasteiger partial charge in [-0.2, -0.15) is 0 Å². The van der Waals surface area contributed by atoms with Crippen molar-refractivity contribution in [2.75, 3.05) is 18.4 Å². The zero-order valence-corrected chi connectivity index (χ0v) is 15.4. The van der Waals surface area contributed by atoms with Gasteiger partial charge in [-0.15, -0.1) is 0 Å². The van der Waals surface area contributed by atoms with Gasteiger partial charge in [-0.05, 0) is 43.4 Å². The van der Waals surface area contributed by atoms with Crippen LogP contribution in [0.1, 0.15) is 43.0 Å². The van der Waals surface area contributed by atoms with Crippen LogP contribution in [0.5, 0.6) is 0 Å². The number of nitrogens with zero attached hydrogens (tertiary/aromatic N) is 3. The Morgan fingerprint density at radius 2 is 1.88 bits per heavy atom. The third-order valence-corrected chi connectivity index (χ3v) is 5.68. The van der Waals surface area contributed by atoms with Crippen LogP contribution < -0.4 is 5.32 Å². The summed E-state index contributed by atoms with van der Waals surface area (Å²) in [6.07, 6.45) is 6.71. The average Bonchev–Trinajstić information content (AvgIpc) is 3.44. The summed E-state index contributed by atoms with van der Waals surface area (Å²) in [5.41, 5.74) is 1.37. The molecule has 1 aromatic carbocycles. The van der Waals surface area contributed by atoms with Crippen LogP contribution in [0.3, 0.4) is 0 Å². The topological polar surface area (TPSA) is 41.0 Å². The molecule has 126 valence electrons. The van der Waals surface area contributed by atoms with Crippen LogP contribution in [0.15, 0.2) is 41.0 Å².